The first-order valence-corrected chi connectivity index (χ1v) is 26.3. The van der Waals surface area contributed by atoms with Crippen LogP contribution in [0.25, 0.3) is 11.0 Å². The average Bonchev–Trinajstić information content (AvgIpc) is 4.11. The van der Waals surface area contributed by atoms with Gasteiger partial charge in [-0.2, -0.15) is 4.98 Å². The van der Waals surface area contributed by atoms with Crippen molar-refractivity contribution in [2.75, 3.05) is 80.9 Å². The summed E-state index contributed by atoms with van der Waals surface area (Å²) in [5.74, 6) is -0.567. The summed E-state index contributed by atoms with van der Waals surface area (Å²) >= 11 is 0. The fourth-order valence-corrected chi connectivity index (χ4v) is 13.7. The van der Waals surface area contributed by atoms with Gasteiger partial charge in [0.1, 0.15) is 24.0 Å². The Bertz CT molecular complexity index is 3060. The average molecular weight is 988 g/mol. The van der Waals surface area contributed by atoms with Crippen molar-refractivity contribution in [3.63, 3.8) is 0 Å². The van der Waals surface area contributed by atoms with Gasteiger partial charge in [0.15, 0.2) is 11.4 Å². The predicted molar refractivity (Wildman–Crippen MR) is 262 cm³/mol. The van der Waals surface area contributed by atoms with Gasteiger partial charge in [-0.1, -0.05) is 24.3 Å². The highest BCUT2D eigenvalue weighted by atomic mass is 32.2. The van der Waals surface area contributed by atoms with Gasteiger partial charge in [-0.25, -0.2) is 13.1 Å². The number of aryl methyl sites for hydroxylation is 1. The second kappa shape index (κ2) is 17.1. The summed E-state index contributed by atoms with van der Waals surface area (Å²) in [5, 5.41) is 16.7. The molecule has 2 aromatic heterocycles. The summed E-state index contributed by atoms with van der Waals surface area (Å²) in [7, 11) is -4.72. The first-order valence-electron chi connectivity index (χ1n) is 24.8. The summed E-state index contributed by atoms with van der Waals surface area (Å²) in [5.41, 5.74) is 5.22. The van der Waals surface area contributed by atoms with Gasteiger partial charge in [-0.05, 0) is 87.5 Å². The summed E-state index contributed by atoms with van der Waals surface area (Å²) in [6, 6.07) is 20.9. The zero-order chi connectivity index (χ0) is 48.3. The van der Waals surface area contributed by atoms with Crippen molar-refractivity contribution in [1.82, 2.24) is 24.5 Å². The number of aromatic nitrogens is 2. The number of carbonyl (C=O) groups is 1. The van der Waals surface area contributed by atoms with Crippen LogP contribution in [0.4, 0.5) is 28.4 Å². The molecule has 1 aliphatic carbocycles. The molecule has 8 aliphatic rings. The number of nitrogens with zero attached hydrogens (tertiary/aromatic N) is 6. The fourth-order valence-electron chi connectivity index (χ4n) is 12.7. The van der Waals surface area contributed by atoms with Crippen molar-refractivity contribution in [1.29, 1.82) is 0 Å². The van der Waals surface area contributed by atoms with Gasteiger partial charge in [0.05, 0.1) is 78.3 Å². The highest BCUT2D eigenvalue weighted by Crippen LogP contribution is 2.55. The first-order chi connectivity index (χ1) is 34.4. The Morgan fingerprint density at radius 3 is 2.56 bits per heavy atom. The Balaban J connectivity index is 0.786. The number of rotatable bonds is 10. The van der Waals surface area contributed by atoms with Crippen molar-refractivity contribution in [3.05, 3.63) is 99.7 Å². The van der Waals surface area contributed by atoms with Crippen molar-refractivity contribution in [3.8, 4) is 11.6 Å². The number of morpholine rings is 1. The van der Waals surface area contributed by atoms with E-state index in [1.54, 1.807) is 12.3 Å². The van der Waals surface area contributed by atoms with Crippen LogP contribution in [0.1, 0.15) is 60.1 Å². The molecule has 372 valence electrons. The number of H-pyrrole nitrogens is 1. The summed E-state index contributed by atoms with van der Waals surface area (Å²) in [4.78, 5) is 43.6. The molecule has 71 heavy (non-hydrogen) atoms. The van der Waals surface area contributed by atoms with Gasteiger partial charge in [0.25, 0.3) is 21.6 Å². The van der Waals surface area contributed by atoms with Crippen LogP contribution in [0.2, 0.25) is 0 Å². The van der Waals surface area contributed by atoms with E-state index in [2.05, 4.69) is 67.8 Å². The Kier molecular flexibility index (Phi) is 10.8. The molecule has 0 bridgehead atoms. The Labute approximate surface area is 410 Å². The van der Waals surface area contributed by atoms with Crippen molar-refractivity contribution >= 4 is 55.4 Å². The van der Waals surface area contributed by atoms with Crippen LogP contribution in [-0.4, -0.2) is 147 Å². The largest absolute Gasteiger partial charge is 0.489 e. The smallest absolute Gasteiger partial charge is 0.297 e. The number of benzene rings is 3. The number of hydrogen-bond donors (Lipinski definition) is 3. The number of nitro benzene ring substituents is 1. The Morgan fingerprint density at radius 1 is 0.930 bits per heavy atom. The number of anilines is 4. The lowest BCUT2D eigenvalue weighted by Crippen LogP contribution is -2.66. The van der Waals surface area contributed by atoms with Gasteiger partial charge < -0.3 is 43.8 Å². The molecular weight excluding hydrogens is 931 g/mol. The maximum atomic E-state index is 14.7. The van der Waals surface area contributed by atoms with E-state index < -0.39 is 43.6 Å². The normalized spacial score (nSPS) is 27.4. The lowest BCUT2D eigenvalue weighted by Gasteiger charge is -2.62. The minimum absolute atomic E-state index is 0.0147. The number of nitrogens with one attached hydrogen (secondary N) is 3. The molecule has 9 heterocycles. The van der Waals surface area contributed by atoms with Gasteiger partial charge >= 0.3 is 0 Å². The molecule has 1 amide bonds. The summed E-state index contributed by atoms with van der Waals surface area (Å²) < 4.78 is 61.2. The molecule has 6 atom stereocenters. The van der Waals surface area contributed by atoms with Gasteiger partial charge in [0.2, 0.25) is 5.88 Å². The molecule has 7 aliphatic heterocycles. The van der Waals surface area contributed by atoms with Crippen LogP contribution in [0.5, 0.6) is 11.6 Å². The highest BCUT2D eigenvalue weighted by Gasteiger charge is 2.55. The summed E-state index contributed by atoms with van der Waals surface area (Å²) in [6.07, 6.45) is 5.66. The minimum atomic E-state index is -4.72. The quantitative estimate of drug-likeness (QED) is 0.114. The lowest BCUT2D eigenvalue weighted by atomic mass is 9.60. The third kappa shape index (κ3) is 7.67. The molecule has 3 aromatic carbocycles. The van der Waals surface area contributed by atoms with Gasteiger partial charge in [0, 0.05) is 72.6 Å². The molecule has 1 unspecified atom stereocenters. The highest BCUT2D eigenvalue weighted by molar-refractivity contribution is 7.90. The van der Waals surface area contributed by atoms with Crippen LogP contribution >= 0.6 is 0 Å². The maximum absolute atomic E-state index is 14.7. The molecule has 5 aromatic rings. The number of aromatic amines is 1. The summed E-state index contributed by atoms with van der Waals surface area (Å²) in [6.45, 7) is 10.1. The number of carbonyl (C=O) groups excluding carboxylic acids is 1. The zero-order valence-corrected chi connectivity index (χ0v) is 40.4. The molecule has 5 saturated heterocycles. The van der Waals surface area contributed by atoms with Gasteiger partial charge in [-0.3, -0.25) is 24.7 Å². The minimum Gasteiger partial charge on any atom is -0.489 e. The number of amides is 1. The number of sulfonamides is 1. The number of likely N-dealkylation sites (tertiary alicyclic amines) is 1. The molecule has 0 radical (unpaired) electrons. The fraction of sp³-hybridized carbons (Fsp3) is 0.490. The number of hydrogen-bond acceptors (Lipinski definition) is 16. The third-order valence-corrected chi connectivity index (χ3v) is 17.8. The van der Waals surface area contributed by atoms with E-state index in [1.807, 2.05) is 29.2 Å². The standard InChI is InChI=1S/C51H57N9O10S/c1-29-6-3-4-7-36(29)39-8-5-13-57(39)33-18-51(19-33)27-56(28-51)32-9-10-37(40(15-32)59-42-14-31-11-12-52-48(31)54-50(42)70-46-26-67-25-43(46)59)49(61)55-71(64,65)35-16-41(60(62)63)47-44(17-35)69-24-38(53-47)45-20-58(30(2)21-68-45)34-22-66-23-34/h3-4,6-7,9-12,14-17,30,33-34,38-39,43,45-46,53H,5,8,13,18-28H2,1-2H3,(H,52,54)(H,55,61)/t30-,38+,39+,43+,45?,46+/m1/s1. The van der Waals surface area contributed by atoms with E-state index in [9.17, 15) is 23.3 Å². The van der Waals surface area contributed by atoms with E-state index in [0.717, 1.165) is 49.6 Å². The van der Waals surface area contributed by atoms with E-state index in [1.165, 1.54) is 30.0 Å². The van der Waals surface area contributed by atoms with Gasteiger partial charge in [-0.15, -0.1) is 0 Å². The Hall–Kier alpha value is -6.03. The number of ether oxygens (including phenoxy) is 5. The monoisotopic (exact) mass is 987 g/mol. The second-order valence-electron chi connectivity index (χ2n) is 20.9. The number of fused-ring (bicyclic) bond motifs is 4. The molecule has 1 saturated carbocycles. The molecular formula is C51H57N9O10S. The predicted octanol–water partition coefficient (Wildman–Crippen LogP) is 5.66. The molecule has 6 fully saturated rings. The van der Waals surface area contributed by atoms with Crippen LogP contribution in [0.15, 0.2) is 77.8 Å². The zero-order valence-electron chi connectivity index (χ0n) is 39.6. The molecule has 1 spiro atoms. The topological polar surface area (TPSA) is 206 Å². The van der Waals surface area contributed by atoms with Crippen LogP contribution in [0.3, 0.4) is 0 Å². The molecule has 13 rings (SSSR count). The van der Waals surface area contributed by atoms with Crippen LogP contribution in [-0.2, 0) is 24.2 Å². The van der Waals surface area contributed by atoms with E-state index in [0.29, 0.717) is 74.6 Å². The SMILES string of the molecule is Cc1ccccc1[C@@H]1CCCN1C1CC2(C1)CN(c1ccc(C(=O)NS(=O)(=O)c3cc4c(c([N+](=O)[O-])c3)N[C@H](C3CN(C5COC5)[C@H](C)CO3)CO4)c(N3c4cc5cc[nH]c5nc4O[C@H]4COC[C@@H]43)c1)C2. The maximum Gasteiger partial charge on any atom is 0.297 e. The third-order valence-electron chi connectivity index (χ3n) is 16.5. The van der Waals surface area contributed by atoms with Crippen molar-refractivity contribution in [2.45, 2.75) is 92.9 Å². The molecule has 19 nitrogen and oxygen atoms in total. The molecule has 20 heteroatoms. The van der Waals surface area contributed by atoms with Crippen molar-refractivity contribution in [2.24, 2.45) is 5.41 Å². The van der Waals surface area contributed by atoms with Crippen LogP contribution < -0.4 is 29.3 Å². The van der Waals surface area contributed by atoms with E-state index in [4.69, 9.17) is 28.7 Å². The molecule has 3 N–H and O–H groups in total. The lowest BCUT2D eigenvalue weighted by molar-refractivity contribution is -0.384. The first kappa shape index (κ1) is 44.9. The number of nitro groups is 1. The van der Waals surface area contributed by atoms with Crippen LogP contribution in [0, 0.1) is 22.5 Å². The number of pyridine rings is 1. The van der Waals surface area contributed by atoms with E-state index in [-0.39, 0.29) is 53.3 Å². The van der Waals surface area contributed by atoms with Crippen molar-refractivity contribution < 1.29 is 41.8 Å². The Morgan fingerprint density at radius 2 is 1.76 bits per heavy atom. The van der Waals surface area contributed by atoms with E-state index >= 15 is 0 Å². The second-order valence-corrected chi connectivity index (χ2v) is 22.6.